The number of hydrogen-bond donors (Lipinski definition) is 1. The van der Waals surface area contributed by atoms with E-state index in [0.717, 1.165) is 38.6 Å². The average Bonchev–Trinajstić information content (AvgIpc) is 2.89. The van der Waals surface area contributed by atoms with Gasteiger partial charge in [0.1, 0.15) is 0 Å². The molecular formula is C15H28N4S. The smallest absolute Gasteiger partial charge is 0.185 e. The van der Waals surface area contributed by atoms with Gasteiger partial charge in [0.25, 0.3) is 0 Å². The summed E-state index contributed by atoms with van der Waals surface area (Å²) < 4.78 is 0. The maximum absolute atomic E-state index is 4.80. The van der Waals surface area contributed by atoms with Crippen LogP contribution in [0.25, 0.3) is 0 Å². The molecule has 0 bridgehead atoms. The molecule has 0 aromatic carbocycles. The molecule has 1 saturated heterocycles. The molecule has 0 amide bonds. The number of piperazine rings is 1. The number of nitrogens with zero attached hydrogens (tertiary/aromatic N) is 3. The van der Waals surface area contributed by atoms with E-state index in [-0.39, 0.29) is 0 Å². The van der Waals surface area contributed by atoms with E-state index in [4.69, 9.17) is 4.98 Å². The third-order valence-electron chi connectivity index (χ3n) is 3.73. The first kappa shape index (κ1) is 15.7. The minimum atomic E-state index is 0.354. The van der Waals surface area contributed by atoms with Gasteiger partial charge in [-0.25, -0.2) is 4.98 Å². The molecule has 1 atom stereocenters. The first-order valence-corrected chi connectivity index (χ1v) is 8.64. The van der Waals surface area contributed by atoms with Gasteiger partial charge in [-0.1, -0.05) is 20.8 Å². The molecule has 0 spiro atoms. The van der Waals surface area contributed by atoms with E-state index in [1.54, 1.807) is 11.3 Å². The Bertz CT molecular complexity index is 396. The summed E-state index contributed by atoms with van der Waals surface area (Å²) in [5, 5.41) is 6.81. The first-order chi connectivity index (χ1) is 9.60. The molecule has 0 saturated carbocycles. The molecule has 4 nitrogen and oxygen atoms in total. The van der Waals surface area contributed by atoms with Gasteiger partial charge < -0.3 is 10.2 Å². The van der Waals surface area contributed by atoms with Crippen LogP contribution in [0.15, 0.2) is 5.38 Å². The molecule has 1 aromatic heterocycles. The molecule has 1 unspecified atom stereocenters. The van der Waals surface area contributed by atoms with Crippen LogP contribution in [0.5, 0.6) is 0 Å². The molecule has 20 heavy (non-hydrogen) atoms. The van der Waals surface area contributed by atoms with E-state index < -0.39 is 0 Å². The summed E-state index contributed by atoms with van der Waals surface area (Å²) in [6.07, 6.45) is 0. The van der Waals surface area contributed by atoms with Gasteiger partial charge >= 0.3 is 0 Å². The molecule has 114 valence electrons. The lowest BCUT2D eigenvalue weighted by atomic mass is 10.2. The highest BCUT2D eigenvalue weighted by atomic mass is 32.1. The molecule has 1 fully saturated rings. The molecule has 2 rings (SSSR count). The summed E-state index contributed by atoms with van der Waals surface area (Å²) in [4.78, 5) is 9.80. The third kappa shape index (κ3) is 4.17. The van der Waals surface area contributed by atoms with Crippen LogP contribution in [-0.2, 0) is 0 Å². The lowest BCUT2D eigenvalue weighted by Crippen LogP contribution is -2.47. The van der Waals surface area contributed by atoms with Crippen molar-refractivity contribution in [1.82, 2.24) is 15.2 Å². The summed E-state index contributed by atoms with van der Waals surface area (Å²) in [6, 6.07) is 0.354. The zero-order valence-electron chi connectivity index (χ0n) is 13.2. The van der Waals surface area contributed by atoms with Crippen molar-refractivity contribution in [2.24, 2.45) is 5.92 Å². The SMILES string of the molecule is CCNC(C)c1csc(N2CCN(CC(C)C)CC2)n1. The highest BCUT2D eigenvalue weighted by Crippen LogP contribution is 2.25. The van der Waals surface area contributed by atoms with Crippen LogP contribution >= 0.6 is 11.3 Å². The zero-order valence-corrected chi connectivity index (χ0v) is 14.0. The summed E-state index contributed by atoms with van der Waals surface area (Å²) in [6.45, 7) is 15.6. The fraction of sp³-hybridized carbons (Fsp3) is 0.800. The fourth-order valence-electron chi connectivity index (χ4n) is 2.67. The number of rotatable bonds is 6. The van der Waals surface area contributed by atoms with Gasteiger partial charge in [-0.3, -0.25) is 4.90 Å². The van der Waals surface area contributed by atoms with Crippen molar-refractivity contribution < 1.29 is 0 Å². The maximum Gasteiger partial charge on any atom is 0.185 e. The third-order valence-corrected chi connectivity index (χ3v) is 4.65. The van der Waals surface area contributed by atoms with Crippen LogP contribution in [0.2, 0.25) is 0 Å². The maximum atomic E-state index is 4.80. The Morgan fingerprint density at radius 2 is 1.95 bits per heavy atom. The van der Waals surface area contributed by atoms with Crippen LogP contribution in [0, 0.1) is 5.92 Å². The Labute approximate surface area is 127 Å². The van der Waals surface area contributed by atoms with Crippen LogP contribution in [-0.4, -0.2) is 49.2 Å². The van der Waals surface area contributed by atoms with Crippen molar-refractivity contribution >= 4 is 16.5 Å². The standard InChI is InChI=1S/C15H28N4S/c1-5-16-13(4)14-11-20-15(17-14)19-8-6-18(7-9-19)10-12(2)3/h11-13,16H,5-10H2,1-4H3. The number of thiazole rings is 1. The van der Waals surface area contributed by atoms with Crippen molar-refractivity contribution in [1.29, 1.82) is 0 Å². The molecule has 1 aromatic rings. The van der Waals surface area contributed by atoms with E-state index >= 15 is 0 Å². The quantitative estimate of drug-likeness (QED) is 0.874. The normalized spacial score (nSPS) is 18.8. The lowest BCUT2D eigenvalue weighted by Gasteiger charge is -2.35. The van der Waals surface area contributed by atoms with Gasteiger partial charge in [-0.15, -0.1) is 11.3 Å². The molecule has 1 aliphatic rings. The molecule has 1 aliphatic heterocycles. The van der Waals surface area contributed by atoms with E-state index in [9.17, 15) is 0 Å². The van der Waals surface area contributed by atoms with Gasteiger partial charge in [0.2, 0.25) is 0 Å². The van der Waals surface area contributed by atoms with Gasteiger partial charge in [-0.05, 0) is 19.4 Å². The number of nitrogens with one attached hydrogen (secondary N) is 1. The van der Waals surface area contributed by atoms with Crippen molar-refractivity contribution in [3.63, 3.8) is 0 Å². The summed E-state index contributed by atoms with van der Waals surface area (Å²) in [5.41, 5.74) is 1.18. The summed E-state index contributed by atoms with van der Waals surface area (Å²) >= 11 is 1.78. The molecule has 5 heteroatoms. The Balaban J connectivity index is 1.87. The minimum absolute atomic E-state index is 0.354. The predicted octanol–water partition coefficient (Wildman–Crippen LogP) is 2.59. The summed E-state index contributed by atoms with van der Waals surface area (Å²) in [7, 11) is 0. The molecule has 2 heterocycles. The fourth-order valence-corrected chi connectivity index (χ4v) is 3.64. The average molecular weight is 296 g/mol. The van der Waals surface area contributed by atoms with Crippen LogP contribution in [0.1, 0.15) is 39.4 Å². The largest absolute Gasteiger partial charge is 0.346 e. The van der Waals surface area contributed by atoms with E-state index in [1.165, 1.54) is 17.4 Å². The van der Waals surface area contributed by atoms with Crippen molar-refractivity contribution in [2.45, 2.75) is 33.7 Å². The topological polar surface area (TPSA) is 31.4 Å². The lowest BCUT2D eigenvalue weighted by molar-refractivity contribution is 0.231. The zero-order chi connectivity index (χ0) is 14.5. The van der Waals surface area contributed by atoms with E-state index in [1.807, 2.05) is 0 Å². The van der Waals surface area contributed by atoms with E-state index in [2.05, 4.69) is 48.2 Å². The Morgan fingerprint density at radius 3 is 2.55 bits per heavy atom. The van der Waals surface area contributed by atoms with Crippen LogP contribution < -0.4 is 10.2 Å². The number of hydrogen-bond acceptors (Lipinski definition) is 5. The van der Waals surface area contributed by atoms with Crippen molar-refractivity contribution in [3.05, 3.63) is 11.1 Å². The van der Waals surface area contributed by atoms with Gasteiger partial charge in [0, 0.05) is 44.1 Å². The molecule has 0 radical (unpaired) electrons. The van der Waals surface area contributed by atoms with Crippen LogP contribution in [0.4, 0.5) is 5.13 Å². The number of aromatic nitrogens is 1. The minimum Gasteiger partial charge on any atom is -0.346 e. The monoisotopic (exact) mass is 296 g/mol. The van der Waals surface area contributed by atoms with Gasteiger partial charge in [0.05, 0.1) is 5.69 Å². The highest BCUT2D eigenvalue weighted by molar-refractivity contribution is 7.13. The molecular weight excluding hydrogens is 268 g/mol. The predicted molar refractivity (Wildman–Crippen MR) is 87.7 cm³/mol. The van der Waals surface area contributed by atoms with Crippen molar-refractivity contribution in [2.75, 3.05) is 44.2 Å². The Hall–Kier alpha value is -0.650. The second kappa shape index (κ2) is 7.38. The van der Waals surface area contributed by atoms with E-state index in [0.29, 0.717) is 6.04 Å². The highest BCUT2D eigenvalue weighted by Gasteiger charge is 2.20. The second-order valence-electron chi connectivity index (χ2n) is 6.02. The number of anilines is 1. The second-order valence-corrected chi connectivity index (χ2v) is 6.85. The first-order valence-electron chi connectivity index (χ1n) is 7.76. The summed E-state index contributed by atoms with van der Waals surface area (Å²) in [5.74, 6) is 0.758. The van der Waals surface area contributed by atoms with Gasteiger partial charge in [0.15, 0.2) is 5.13 Å². The molecule has 0 aliphatic carbocycles. The van der Waals surface area contributed by atoms with Gasteiger partial charge in [-0.2, -0.15) is 0 Å². The Kier molecular flexibility index (Phi) is 5.81. The Morgan fingerprint density at radius 1 is 1.25 bits per heavy atom. The van der Waals surface area contributed by atoms with Crippen molar-refractivity contribution in [3.8, 4) is 0 Å². The molecule has 1 N–H and O–H groups in total. The van der Waals surface area contributed by atoms with Crippen LogP contribution in [0.3, 0.4) is 0 Å².